The Hall–Kier alpha value is -3.27. The van der Waals surface area contributed by atoms with E-state index in [9.17, 15) is 4.79 Å². The lowest BCUT2D eigenvalue weighted by Gasteiger charge is -2.11. The van der Waals surface area contributed by atoms with Crippen molar-refractivity contribution < 1.29 is 14.3 Å². The molecule has 0 unspecified atom stereocenters. The third-order valence-electron chi connectivity index (χ3n) is 4.86. The van der Waals surface area contributed by atoms with Gasteiger partial charge in [-0.15, -0.1) is 0 Å². The number of unbranched alkanes of at least 4 members (excludes halogenated alkanes) is 1. The molecule has 1 amide bonds. The summed E-state index contributed by atoms with van der Waals surface area (Å²) < 4.78 is 11.5. The van der Waals surface area contributed by atoms with Crippen LogP contribution in [0.4, 0.5) is 5.69 Å². The van der Waals surface area contributed by atoms with Gasteiger partial charge in [0.15, 0.2) is 0 Å². The lowest BCUT2D eigenvalue weighted by Crippen LogP contribution is -2.13. The fourth-order valence-electron chi connectivity index (χ4n) is 3.07. The normalized spacial score (nSPS) is 10.5. The van der Waals surface area contributed by atoms with Crippen molar-refractivity contribution in [2.75, 3.05) is 18.5 Å². The molecule has 0 fully saturated rings. The van der Waals surface area contributed by atoms with Gasteiger partial charge >= 0.3 is 0 Å². The predicted molar refractivity (Wildman–Crippen MR) is 122 cm³/mol. The minimum Gasteiger partial charge on any atom is -0.494 e. The molecule has 0 aliphatic rings. The van der Waals surface area contributed by atoms with E-state index in [1.807, 2.05) is 60.7 Å². The van der Waals surface area contributed by atoms with E-state index >= 15 is 0 Å². The minimum atomic E-state index is -0.115. The average molecular weight is 404 g/mol. The zero-order valence-corrected chi connectivity index (χ0v) is 17.7. The lowest BCUT2D eigenvalue weighted by molar-refractivity contribution is 0.102. The van der Waals surface area contributed by atoms with Gasteiger partial charge in [-0.2, -0.15) is 0 Å². The molecule has 0 atom stereocenters. The van der Waals surface area contributed by atoms with Gasteiger partial charge in [0.05, 0.1) is 13.2 Å². The van der Waals surface area contributed by atoms with E-state index in [1.54, 1.807) is 12.1 Å². The molecule has 1 N–H and O–H groups in total. The van der Waals surface area contributed by atoms with Gasteiger partial charge in [-0.25, -0.2) is 0 Å². The number of hydrogen-bond donors (Lipinski definition) is 1. The van der Waals surface area contributed by atoms with E-state index in [-0.39, 0.29) is 5.91 Å². The van der Waals surface area contributed by atoms with E-state index in [4.69, 9.17) is 9.47 Å². The fourth-order valence-corrected chi connectivity index (χ4v) is 3.07. The molecular weight excluding hydrogens is 374 g/mol. The summed E-state index contributed by atoms with van der Waals surface area (Å²) in [4.78, 5) is 12.5. The summed E-state index contributed by atoms with van der Waals surface area (Å²) in [6.07, 6.45) is 2.70. The van der Waals surface area contributed by atoms with Crippen LogP contribution in [0.3, 0.4) is 0 Å². The standard InChI is InChI=1S/C26H29NO3/c1-3-21-8-4-5-9-25(21)27-26(28)22-12-16-24(17-13-22)30-19-7-6-18-29-23-14-10-20(2)11-15-23/h4-5,8-17H,3,6-7,18-19H2,1-2H3,(H,27,28). The van der Waals surface area contributed by atoms with Crippen LogP contribution in [-0.2, 0) is 6.42 Å². The van der Waals surface area contributed by atoms with Gasteiger partial charge in [0.1, 0.15) is 11.5 Å². The van der Waals surface area contributed by atoms with Crippen molar-refractivity contribution in [1.82, 2.24) is 0 Å². The van der Waals surface area contributed by atoms with Gasteiger partial charge in [-0.1, -0.05) is 42.8 Å². The second-order valence-electron chi connectivity index (χ2n) is 7.21. The van der Waals surface area contributed by atoms with Crippen LogP contribution in [-0.4, -0.2) is 19.1 Å². The first-order valence-electron chi connectivity index (χ1n) is 10.5. The van der Waals surface area contributed by atoms with Crippen molar-refractivity contribution in [3.05, 3.63) is 89.5 Å². The number of benzene rings is 3. The van der Waals surface area contributed by atoms with E-state index < -0.39 is 0 Å². The first-order chi connectivity index (χ1) is 14.7. The Bertz CT molecular complexity index is 933. The summed E-state index contributed by atoms with van der Waals surface area (Å²) in [6.45, 7) is 5.43. The maximum Gasteiger partial charge on any atom is 0.255 e. The van der Waals surface area contributed by atoms with Gasteiger partial charge in [-0.3, -0.25) is 4.79 Å². The highest BCUT2D eigenvalue weighted by Gasteiger charge is 2.08. The van der Waals surface area contributed by atoms with E-state index in [0.717, 1.165) is 42.0 Å². The van der Waals surface area contributed by atoms with Gasteiger partial charge in [0, 0.05) is 11.3 Å². The molecule has 3 aromatic carbocycles. The maximum absolute atomic E-state index is 12.5. The van der Waals surface area contributed by atoms with Crippen LogP contribution >= 0.6 is 0 Å². The zero-order chi connectivity index (χ0) is 21.2. The molecule has 3 aromatic rings. The first-order valence-corrected chi connectivity index (χ1v) is 10.5. The molecule has 0 saturated carbocycles. The molecule has 3 rings (SSSR count). The van der Waals surface area contributed by atoms with Gasteiger partial charge < -0.3 is 14.8 Å². The number of amides is 1. The van der Waals surface area contributed by atoms with Crippen LogP contribution in [0.2, 0.25) is 0 Å². The van der Waals surface area contributed by atoms with Crippen molar-refractivity contribution in [2.45, 2.75) is 33.1 Å². The molecular formula is C26H29NO3. The van der Waals surface area contributed by atoms with Crippen molar-refractivity contribution in [1.29, 1.82) is 0 Å². The fraction of sp³-hybridized carbons (Fsp3) is 0.269. The Morgan fingerprint density at radius 1 is 0.800 bits per heavy atom. The summed E-state index contributed by atoms with van der Waals surface area (Å²) >= 11 is 0. The molecule has 0 aliphatic carbocycles. The van der Waals surface area contributed by atoms with Gasteiger partial charge in [0.2, 0.25) is 0 Å². The van der Waals surface area contributed by atoms with E-state index in [1.165, 1.54) is 5.56 Å². The molecule has 4 nitrogen and oxygen atoms in total. The number of ether oxygens (including phenoxy) is 2. The molecule has 4 heteroatoms. The number of para-hydroxylation sites is 1. The van der Waals surface area contributed by atoms with E-state index in [2.05, 4.69) is 19.2 Å². The highest BCUT2D eigenvalue weighted by Crippen LogP contribution is 2.18. The summed E-state index contributed by atoms with van der Waals surface area (Å²) in [5.74, 6) is 1.55. The van der Waals surface area contributed by atoms with Gasteiger partial charge in [-0.05, 0) is 74.2 Å². The SMILES string of the molecule is CCc1ccccc1NC(=O)c1ccc(OCCCCOc2ccc(C)cc2)cc1. The summed E-state index contributed by atoms with van der Waals surface area (Å²) in [6, 6.07) is 23.2. The average Bonchev–Trinajstić information content (AvgIpc) is 2.78. The van der Waals surface area contributed by atoms with Crippen molar-refractivity contribution in [3.63, 3.8) is 0 Å². The Kier molecular flexibility index (Phi) is 7.90. The second-order valence-corrected chi connectivity index (χ2v) is 7.21. The largest absolute Gasteiger partial charge is 0.494 e. The second kappa shape index (κ2) is 11.1. The van der Waals surface area contributed by atoms with Crippen LogP contribution in [0, 0.1) is 6.92 Å². The van der Waals surface area contributed by atoms with Gasteiger partial charge in [0.25, 0.3) is 5.91 Å². The monoisotopic (exact) mass is 403 g/mol. The number of aryl methyl sites for hydroxylation is 2. The Morgan fingerprint density at radius 2 is 1.37 bits per heavy atom. The van der Waals surface area contributed by atoms with Crippen molar-refractivity contribution in [2.24, 2.45) is 0 Å². The predicted octanol–water partition coefficient (Wildman–Crippen LogP) is 6.05. The molecule has 156 valence electrons. The number of carbonyl (C=O) groups is 1. The van der Waals surface area contributed by atoms with Crippen LogP contribution < -0.4 is 14.8 Å². The minimum absolute atomic E-state index is 0.115. The van der Waals surface area contributed by atoms with E-state index in [0.29, 0.717) is 18.8 Å². The molecule has 0 spiro atoms. The number of rotatable bonds is 10. The lowest BCUT2D eigenvalue weighted by atomic mass is 10.1. The quantitative estimate of drug-likeness (QED) is 0.419. The number of nitrogens with one attached hydrogen (secondary N) is 1. The summed E-state index contributed by atoms with van der Waals surface area (Å²) in [7, 11) is 0. The molecule has 0 aliphatic heterocycles. The highest BCUT2D eigenvalue weighted by atomic mass is 16.5. The molecule has 0 aromatic heterocycles. The molecule has 30 heavy (non-hydrogen) atoms. The van der Waals surface area contributed by atoms with Crippen molar-refractivity contribution in [3.8, 4) is 11.5 Å². The van der Waals surface area contributed by atoms with Crippen molar-refractivity contribution >= 4 is 11.6 Å². The smallest absolute Gasteiger partial charge is 0.255 e. The molecule has 0 saturated heterocycles. The molecule has 0 heterocycles. The Morgan fingerprint density at radius 3 is 1.97 bits per heavy atom. The zero-order valence-electron chi connectivity index (χ0n) is 17.7. The summed E-state index contributed by atoms with van der Waals surface area (Å²) in [5.41, 5.74) is 3.82. The first kappa shape index (κ1) is 21.4. The maximum atomic E-state index is 12.5. The number of hydrogen-bond acceptors (Lipinski definition) is 3. The highest BCUT2D eigenvalue weighted by molar-refractivity contribution is 6.04. The van der Waals surface area contributed by atoms with Crippen LogP contribution in [0.15, 0.2) is 72.8 Å². The number of anilines is 1. The Balaban J connectivity index is 1.39. The van der Waals surface area contributed by atoms with Crippen LogP contribution in [0.1, 0.15) is 41.3 Å². The van der Waals surface area contributed by atoms with Crippen LogP contribution in [0.25, 0.3) is 0 Å². The third-order valence-corrected chi connectivity index (χ3v) is 4.86. The third kappa shape index (κ3) is 6.38. The molecule has 0 radical (unpaired) electrons. The molecule has 0 bridgehead atoms. The Labute approximate surface area is 178 Å². The number of carbonyl (C=O) groups excluding carboxylic acids is 1. The topological polar surface area (TPSA) is 47.6 Å². The van der Waals surface area contributed by atoms with Crippen LogP contribution in [0.5, 0.6) is 11.5 Å². The summed E-state index contributed by atoms with van der Waals surface area (Å²) in [5, 5.41) is 2.99.